The zero-order chi connectivity index (χ0) is 16.4. The summed E-state index contributed by atoms with van der Waals surface area (Å²) >= 11 is 0. The van der Waals surface area contributed by atoms with Crippen molar-refractivity contribution in [1.82, 2.24) is 10.2 Å². The second-order valence-electron chi connectivity index (χ2n) is 6.71. The van der Waals surface area contributed by atoms with Crippen LogP contribution in [0.2, 0.25) is 0 Å². The average molecular weight is 316 g/mol. The molecule has 1 saturated heterocycles. The van der Waals surface area contributed by atoms with Crippen LogP contribution in [0, 0.1) is 5.92 Å². The lowest BCUT2D eigenvalue weighted by Crippen LogP contribution is -2.51. The highest BCUT2D eigenvalue weighted by Crippen LogP contribution is 2.36. The summed E-state index contributed by atoms with van der Waals surface area (Å²) < 4.78 is 5.21. The molecule has 0 aromatic heterocycles. The maximum Gasteiger partial charge on any atom is 0.325 e. The minimum absolute atomic E-state index is 0.0998. The van der Waals surface area contributed by atoms with E-state index in [0.717, 1.165) is 37.0 Å². The van der Waals surface area contributed by atoms with E-state index >= 15 is 0 Å². The quantitative estimate of drug-likeness (QED) is 0.868. The Balaban J connectivity index is 1.78. The summed E-state index contributed by atoms with van der Waals surface area (Å²) in [5.41, 5.74) is 0.136. The summed E-state index contributed by atoms with van der Waals surface area (Å²) in [4.78, 5) is 26.6. The van der Waals surface area contributed by atoms with Crippen LogP contribution < -0.4 is 10.1 Å². The van der Waals surface area contributed by atoms with Gasteiger partial charge in [0.15, 0.2) is 0 Å². The molecule has 1 aromatic rings. The van der Waals surface area contributed by atoms with Crippen molar-refractivity contribution >= 4 is 11.9 Å². The van der Waals surface area contributed by atoms with Gasteiger partial charge >= 0.3 is 6.03 Å². The molecule has 23 heavy (non-hydrogen) atoms. The Morgan fingerprint density at radius 3 is 2.70 bits per heavy atom. The highest BCUT2D eigenvalue weighted by molar-refractivity contribution is 6.06. The van der Waals surface area contributed by atoms with Crippen molar-refractivity contribution < 1.29 is 14.3 Å². The number of benzene rings is 1. The van der Waals surface area contributed by atoms with Crippen LogP contribution in [0.4, 0.5) is 4.79 Å². The Morgan fingerprint density at radius 2 is 2.00 bits per heavy atom. The van der Waals surface area contributed by atoms with E-state index in [9.17, 15) is 9.59 Å². The fraction of sp³-hybridized carbons (Fsp3) is 0.556. The van der Waals surface area contributed by atoms with Gasteiger partial charge in [-0.25, -0.2) is 4.79 Å². The number of carbonyl (C=O) groups excluding carboxylic acids is 2. The van der Waals surface area contributed by atoms with Gasteiger partial charge in [0.25, 0.3) is 5.91 Å². The largest absolute Gasteiger partial charge is 0.497 e. The van der Waals surface area contributed by atoms with Crippen LogP contribution in [-0.4, -0.2) is 29.5 Å². The molecule has 5 heteroatoms. The number of imide groups is 1. The van der Waals surface area contributed by atoms with Gasteiger partial charge in [-0.05, 0) is 43.4 Å². The molecule has 0 spiro atoms. The highest BCUT2D eigenvalue weighted by Gasteiger charge is 2.52. The van der Waals surface area contributed by atoms with Gasteiger partial charge in [0.05, 0.1) is 13.7 Å². The zero-order valence-corrected chi connectivity index (χ0v) is 13.8. The number of carbonyl (C=O) groups is 2. The molecule has 2 fully saturated rings. The molecule has 1 heterocycles. The Bertz CT molecular complexity index is 610. The van der Waals surface area contributed by atoms with Crippen molar-refractivity contribution in [3.8, 4) is 5.75 Å². The molecule has 0 bridgehead atoms. The maximum absolute atomic E-state index is 12.9. The van der Waals surface area contributed by atoms with Crippen molar-refractivity contribution in [2.75, 3.05) is 7.11 Å². The number of nitrogens with zero attached hydrogens (tertiary/aromatic N) is 1. The summed E-state index contributed by atoms with van der Waals surface area (Å²) in [7, 11) is 1.60. The van der Waals surface area contributed by atoms with Crippen molar-refractivity contribution in [3.63, 3.8) is 0 Å². The van der Waals surface area contributed by atoms with E-state index < -0.39 is 5.54 Å². The molecule has 1 atom stereocenters. The third-order valence-corrected chi connectivity index (χ3v) is 5.20. The Hall–Kier alpha value is -2.04. The number of hydrogen-bond acceptors (Lipinski definition) is 3. The number of ether oxygens (including phenoxy) is 1. The summed E-state index contributed by atoms with van der Waals surface area (Å²) in [6, 6.07) is 7.19. The minimum Gasteiger partial charge on any atom is -0.497 e. The fourth-order valence-corrected chi connectivity index (χ4v) is 3.77. The topological polar surface area (TPSA) is 58.6 Å². The Labute approximate surface area is 137 Å². The zero-order valence-electron chi connectivity index (χ0n) is 13.8. The van der Waals surface area contributed by atoms with E-state index in [0.29, 0.717) is 0 Å². The molecule has 5 nitrogen and oxygen atoms in total. The van der Waals surface area contributed by atoms with Gasteiger partial charge in [-0.2, -0.15) is 0 Å². The molecule has 3 rings (SSSR count). The van der Waals surface area contributed by atoms with Gasteiger partial charge in [-0.15, -0.1) is 0 Å². The number of methoxy groups -OCH3 is 1. The molecule has 1 N–H and O–H groups in total. The first kappa shape index (κ1) is 15.8. The monoisotopic (exact) mass is 316 g/mol. The molecule has 124 valence electrons. The van der Waals surface area contributed by atoms with Crippen LogP contribution in [0.5, 0.6) is 5.75 Å². The lowest BCUT2D eigenvalue weighted by molar-refractivity contribution is -0.133. The maximum atomic E-state index is 12.9. The van der Waals surface area contributed by atoms with Crippen molar-refractivity contribution in [2.24, 2.45) is 5.92 Å². The van der Waals surface area contributed by atoms with Gasteiger partial charge in [-0.1, -0.05) is 31.4 Å². The lowest BCUT2D eigenvalue weighted by Gasteiger charge is -2.34. The number of rotatable bonds is 4. The number of amides is 3. The second kappa shape index (κ2) is 6.22. The summed E-state index contributed by atoms with van der Waals surface area (Å²) in [5.74, 6) is 0.866. The summed E-state index contributed by atoms with van der Waals surface area (Å²) in [6.07, 6.45) is 5.52. The Morgan fingerprint density at radius 1 is 1.26 bits per heavy atom. The molecule has 1 aliphatic heterocycles. The van der Waals surface area contributed by atoms with E-state index in [1.807, 2.05) is 31.2 Å². The number of hydrogen-bond donors (Lipinski definition) is 1. The smallest absolute Gasteiger partial charge is 0.325 e. The van der Waals surface area contributed by atoms with Crippen molar-refractivity contribution in [3.05, 3.63) is 29.8 Å². The van der Waals surface area contributed by atoms with Crippen LogP contribution in [0.15, 0.2) is 24.3 Å². The lowest BCUT2D eigenvalue weighted by atomic mass is 9.75. The predicted molar refractivity (Wildman–Crippen MR) is 87.1 cm³/mol. The number of urea groups is 1. The number of nitrogens with one attached hydrogen (secondary N) is 1. The third kappa shape index (κ3) is 2.92. The van der Waals surface area contributed by atoms with Gasteiger partial charge in [-0.3, -0.25) is 9.69 Å². The molecule has 1 saturated carbocycles. The molecular formula is C18H24N2O3. The van der Waals surface area contributed by atoms with Gasteiger partial charge < -0.3 is 10.1 Å². The standard InChI is InChI=1S/C18H24N2O3/c1-18(14-8-4-3-5-9-14)16(21)20(17(22)19-18)12-13-7-6-10-15(11-13)23-2/h6-7,10-11,14H,3-5,8-9,12H2,1-2H3,(H,19,22)/t18-/m1/s1. The van der Waals surface area contributed by atoms with Gasteiger partial charge in [0, 0.05) is 0 Å². The van der Waals surface area contributed by atoms with Crippen LogP contribution in [0.25, 0.3) is 0 Å². The van der Waals surface area contributed by atoms with Crippen molar-refractivity contribution in [2.45, 2.75) is 51.1 Å². The van der Waals surface area contributed by atoms with Crippen LogP contribution in [-0.2, 0) is 11.3 Å². The average Bonchev–Trinajstić information content (AvgIpc) is 2.80. The van der Waals surface area contributed by atoms with Crippen LogP contribution in [0.3, 0.4) is 0 Å². The first-order valence-electron chi connectivity index (χ1n) is 8.31. The molecule has 1 aliphatic carbocycles. The molecule has 2 aliphatic rings. The van der Waals surface area contributed by atoms with Gasteiger partial charge in [0.2, 0.25) is 0 Å². The molecular weight excluding hydrogens is 292 g/mol. The summed E-state index contributed by atoms with van der Waals surface area (Å²) in [5, 5.41) is 2.95. The third-order valence-electron chi connectivity index (χ3n) is 5.20. The summed E-state index contributed by atoms with van der Waals surface area (Å²) in [6.45, 7) is 2.17. The molecule has 0 unspecified atom stereocenters. The molecule has 3 amide bonds. The van der Waals surface area contributed by atoms with E-state index in [-0.39, 0.29) is 24.4 Å². The SMILES string of the molecule is COc1cccc(CN2C(=O)N[C@](C)(C3CCCCC3)C2=O)c1. The molecule has 0 radical (unpaired) electrons. The van der Waals surface area contributed by atoms with Gasteiger partial charge in [0.1, 0.15) is 11.3 Å². The van der Waals surface area contributed by atoms with Crippen LogP contribution >= 0.6 is 0 Å². The van der Waals surface area contributed by atoms with Crippen molar-refractivity contribution in [1.29, 1.82) is 0 Å². The van der Waals surface area contributed by atoms with E-state index in [1.54, 1.807) is 7.11 Å². The Kier molecular flexibility index (Phi) is 4.28. The van der Waals surface area contributed by atoms with Crippen LogP contribution in [0.1, 0.15) is 44.6 Å². The van der Waals surface area contributed by atoms with E-state index in [4.69, 9.17) is 4.74 Å². The second-order valence-corrected chi connectivity index (χ2v) is 6.71. The van der Waals surface area contributed by atoms with E-state index in [1.165, 1.54) is 11.3 Å². The first-order valence-corrected chi connectivity index (χ1v) is 8.31. The fourth-order valence-electron chi connectivity index (χ4n) is 3.77. The predicted octanol–water partition coefficient (Wildman–Crippen LogP) is 3.09. The normalized spacial score (nSPS) is 25.6. The minimum atomic E-state index is -0.754. The molecule has 1 aromatic carbocycles. The van der Waals surface area contributed by atoms with E-state index in [2.05, 4.69) is 5.32 Å². The highest BCUT2D eigenvalue weighted by atomic mass is 16.5. The first-order chi connectivity index (χ1) is 11.0.